The Morgan fingerprint density at radius 1 is 0.567 bits per heavy atom. The van der Waals surface area contributed by atoms with Crippen molar-refractivity contribution in [2.24, 2.45) is 0 Å². The van der Waals surface area contributed by atoms with Crippen LogP contribution in [0.4, 0.5) is 0 Å². The lowest BCUT2D eigenvalue weighted by molar-refractivity contribution is 0.0535. The normalized spacial score (nSPS) is 10.9. The van der Waals surface area contributed by atoms with Crippen molar-refractivity contribution >= 4 is 24.1 Å². The van der Waals surface area contributed by atoms with E-state index >= 15 is 0 Å². The molecule has 0 atom stereocenters. The van der Waals surface area contributed by atoms with Gasteiger partial charge in [0.25, 0.3) is 0 Å². The zero-order chi connectivity index (χ0) is 21.0. The molecule has 0 aromatic heterocycles. The SMILES string of the molecule is O=C(OC/C=C\c1ccccc1)c1ccc(C(=O)OC/C=C\c2ccccc2)cc1. The van der Waals surface area contributed by atoms with Gasteiger partial charge in [-0.3, -0.25) is 0 Å². The van der Waals surface area contributed by atoms with Crippen molar-refractivity contribution in [3.63, 3.8) is 0 Å². The van der Waals surface area contributed by atoms with Gasteiger partial charge in [-0.15, -0.1) is 0 Å². The molecule has 30 heavy (non-hydrogen) atoms. The van der Waals surface area contributed by atoms with Gasteiger partial charge in [0.15, 0.2) is 0 Å². The maximum atomic E-state index is 12.1. The molecule has 0 radical (unpaired) electrons. The lowest BCUT2D eigenvalue weighted by atomic mass is 10.1. The molecular formula is C26H22O4. The van der Waals surface area contributed by atoms with Crippen molar-refractivity contribution in [3.8, 4) is 0 Å². The Morgan fingerprint density at radius 3 is 1.30 bits per heavy atom. The summed E-state index contributed by atoms with van der Waals surface area (Å²) in [6.45, 7) is 0.344. The molecule has 0 fully saturated rings. The molecule has 0 bridgehead atoms. The van der Waals surface area contributed by atoms with Gasteiger partial charge in [-0.1, -0.05) is 72.8 Å². The number of benzene rings is 3. The van der Waals surface area contributed by atoms with Crippen molar-refractivity contribution in [1.29, 1.82) is 0 Å². The lowest BCUT2D eigenvalue weighted by Crippen LogP contribution is -2.08. The van der Waals surface area contributed by atoms with Crippen LogP contribution in [0.25, 0.3) is 12.2 Å². The fourth-order valence-electron chi connectivity index (χ4n) is 2.65. The van der Waals surface area contributed by atoms with Gasteiger partial charge < -0.3 is 9.47 Å². The van der Waals surface area contributed by atoms with Gasteiger partial charge in [-0.05, 0) is 47.5 Å². The summed E-state index contributed by atoms with van der Waals surface area (Å²) in [5.74, 6) is -0.892. The van der Waals surface area contributed by atoms with E-state index < -0.39 is 11.9 Å². The van der Waals surface area contributed by atoms with E-state index in [0.717, 1.165) is 11.1 Å². The van der Waals surface area contributed by atoms with Crippen LogP contribution in [0.2, 0.25) is 0 Å². The first-order valence-corrected chi connectivity index (χ1v) is 9.60. The Kier molecular flexibility index (Phi) is 7.75. The van der Waals surface area contributed by atoms with Gasteiger partial charge in [0, 0.05) is 0 Å². The fraction of sp³-hybridized carbons (Fsp3) is 0.0769. The number of rotatable bonds is 8. The average Bonchev–Trinajstić information content (AvgIpc) is 2.81. The number of esters is 2. The van der Waals surface area contributed by atoms with E-state index in [1.54, 1.807) is 36.4 Å². The van der Waals surface area contributed by atoms with Crippen LogP contribution in [0.1, 0.15) is 31.8 Å². The maximum Gasteiger partial charge on any atom is 0.338 e. The van der Waals surface area contributed by atoms with Gasteiger partial charge in [-0.25, -0.2) is 9.59 Å². The molecule has 0 spiro atoms. The largest absolute Gasteiger partial charge is 0.458 e. The highest BCUT2D eigenvalue weighted by Gasteiger charge is 2.10. The monoisotopic (exact) mass is 398 g/mol. The Hall–Kier alpha value is -3.92. The molecule has 0 amide bonds. The first-order chi connectivity index (χ1) is 14.7. The second-order valence-electron chi connectivity index (χ2n) is 6.40. The van der Waals surface area contributed by atoms with Gasteiger partial charge in [-0.2, -0.15) is 0 Å². The molecule has 3 rings (SSSR count). The Morgan fingerprint density at radius 2 is 0.933 bits per heavy atom. The lowest BCUT2D eigenvalue weighted by Gasteiger charge is -2.04. The van der Waals surface area contributed by atoms with Crippen LogP contribution in [-0.2, 0) is 9.47 Å². The Bertz CT molecular complexity index is 919. The van der Waals surface area contributed by atoms with E-state index in [9.17, 15) is 9.59 Å². The Balaban J connectivity index is 1.44. The quantitative estimate of drug-likeness (QED) is 0.475. The molecule has 4 heteroatoms. The fourth-order valence-corrected chi connectivity index (χ4v) is 2.65. The number of hydrogen-bond donors (Lipinski definition) is 0. The highest BCUT2D eigenvalue weighted by molar-refractivity contribution is 5.93. The molecular weight excluding hydrogens is 376 g/mol. The summed E-state index contributed by atoms with van der Waals surface area (Å²) >= 11 is 0. The van der Waals surface area contributed by atoms with E-state index in [-0.39, 0.29) is 13.2 Å². The first kappa shape index (κ1) is 20.8. The number of carbonyl (C=O) groups excluding carboxylic acids is 2. The molecule has 0 unspecified atom stereocenters. The highest BCUT2D eigenvalue weighted by atomic mass is 16.5. The minimum absolute atomic E-state index is 0.172. The highest BCUT2D eigenvalue weighted by Crippen LogP contribution is 2.09. The summed E-state index contributed by atoms with van der Waals surface area (Å²) < 4.78 is 10.4. The van der Waals surface area contributed by atoms with Crippen LogP contribution in [0.5, 0.6) is 0 Å². The predicted molar refractivity (Wildman–Crippen MR) is 118 cm³/mol. The molecule has 4 nitrogen and oxygen atoms in total. The molecule has 3 aromatic carbocycles. The van der Waals surface area contributed by atoms with Gasteiger partial charge >= 0.3 is 11.9 Å². The first-order valence-electron chi connectivity index (χ1n) is 9.60. The van der Waals surface area contributed by atoms with Crippen LogP contribution < -0.4 is 0 Å². The van der Waals surface area contributed by atoms with Gasteiger partial charge in [0.05, 0.1) is 11.1 Å². The molecule has 0 saturated heterocycles. The van der Waals surface area contributed by atoms with Crippen LogP contribution in [0.15, 0.2) is 97.1 Å². The number of carbonyl (C=O) groups is 2. The van der Waals surface area contributed by atoms with Crippen molar-refractivity contribution in [2.45, 2.75) is 0 Å². The van der Waals surface area contributed by atoms with Gasteiger partial charge in [0.2, 0.25) is 0 Å². The molecule has 0 aliphatic carbocycles. The van der Waals surface area contributed by atoms with Crippen LogP contribution >= 0.6 is 0 Å². The third-order valence-electron chi connectivity index (χ3n) is 4.20. The smallest absolute Gasteiger partial charge is 0.338 e. The number of ether oxygens (including phenoxy) is 2. The van der Waals surface area contributed by atoms with Crippen LogP contribution in [-0.4, -0.2) is 25.2 Å². The summed E-state index contributed by atoms with van der Waals surface area (Å²) in [5, 5.41) is 0. The average molecular weight is 398 g/mol. The third-order valence-corrected chi connectivity index (χ3v) is 4.20. The Labute approximate surface area is 176 Å². The summed E-state index contributed by atoms with van der Waals surface area (Å²) in [4.78, 5) is 24.2. The summed E-state index contributed by atoms with van der Waals surface area (Å²) in [6, 6.07) is 25.7. The van der Waals surface area contributed by atoms with E-state index in [2.05, 4.69) is 0 Å². The van der Waals surface area contributed by atoms with E-state index in [1.807, 2.05) is 72.8 Å². The van der Waals surface area contributed by atoms with Crippen molar-refractivity contribution in [1.82, 2.24) is 0 Å². The molecule has 0 saturated carbocycles. The van der Waals surface area contributed by atoms with Crippen molar-refractivity contribution in [3.05, 3.63) is 119 Å². The minimum Gasteiger partial charge on any atom is -0.458 e. The molecule has 0 N–H and O–H groups in total. The van der Waals surface area contributed by atoms with Crippen molar-refractivity contribution < 1.29 is 19.1 Å². The van der Waals surface area contributed by atoms with E-state index in [0.29, 0.717) is 11.1 Å². The zero-order valence-corrected chi connectivity index (χ0v) is 16.4. The van der Waals surface area contributed by atoms with E-state index in [1.165, 1.54) is 0 Å². The summed E-state index contributed by atoms with van der Waals surface area (Å²) in [7, 11) is 0. The topological polar surface area (TPSA) is 52.6 Å². The predicted octanol–water partition coefficient (Wildman–Crippen LogP) is 5.43. The standard InChI is InChI=1S/C26H22O4/c27-25(29-19-7-13-21-9-3-1-4-10-21)23-15-17-24(18-16-23)26(28)30-20-8-14-22-11-5-2-6-12-22/h1-18H,19-20H2/b13-7-,14-8-. The van der Waals surface area contributed by atoms with E-state index in [4.69, 9.17) is 9.47 Å². The second kappa shape index (κ2) is 11.2. The molecule has 0 aliphatic heterocycles. The van der Waals surface area contributed by atoms with Gasteiger partial charge in [0.1, 0.15) is 13.2 Å². The van der Waals surface area contributed by atoms with Crippen LogP contribution in [0, 0.1) is 0 Å². The minimum atomic E-state index is -0.446. The van der Waals surface area contributed by atoms with Crippen LogP contribution in [0.3, 0.4) is 0 Å². The summed E-state index contributed by atoms with van der Waals surface area (Å²) in [5.41, 5.74) is 2.83. The van der Waals surface area contributed by atoms with Crippen molar-refractivity contribution in [2.75, 3.05) is 13.2 Å². The maximum absolute atomic E-state index is 12.1. The molecule has 150 valence electrons. The molecule has 3 aromatic rings. The second-order valence-corrected chi connectivity index (χ2v) is 6.40. The molecule has 0 heterocycles. The number of hydrogen-bond acceptors (Lipinski definition) is 4. The summed E-state index contributed by atoms with van der Waals surface area (Å²) in [6.07, 6.45) is 7.33. The zero-order valence-electron chi connectivity index (χ0n) is 16.4. The third kappa shape index (κ3) is 6.60. The molecule has 0 aliphatic rings.